The zero-order valence-corrected chi connectivity index (χ0v) is 16.8. The van der Waals surface area contributed by atoms with Gasteiger partial charge in [0.1, 0.15) is 11.6 Å². The highest BCUT2D eigenvalue weighted by Gasteiger charge is 2.31. The highest BCUT2D eigenvalue weighted by Crippen LogP contribution is 2.40. The first kappa shape index (κ1) is 18.8. The molecular weight excluding hydrogens is 348 g/mol. The second-order valence-electron chi connectivity index (χ2n) is 7.05. The molecule has 2 aromatic rings. The number of amides is 1. The molecular formula is C19H26N4O2S. The van der Waals surface area contributed by atoms with Crippen LogP contribution in [-0.4, -0.2) is 33.0 Å². The van der Waals surface area contributed by atoms with Crippen LogP contribution in [0.5, 0.6) is 5.75 Å². The lowest BCUT2D eigenvalue weighted by molar-refractivity contribution is -0.115. The number of nitrogens with one attached hydrogen (secondary N) is 1. The molecule has 0 unspecified atom stereocenters. The molecule has 1 aliphatic rings. The van der Waals surface area contributed by atoms with Crippen LogP contribution in [0.1, 0.15) is 57.0 Å². The Morgan fingerprint density at radius 1 is 1.31 bits per heavy atom. The molecule has 7 heteroatoms. The van der Waals surface area contributed by atoms with Crippen molar-refractivity contribution in [3.8, 4) is 5.75 Å². The van der Waals surface area contributed by atoms with Gasteiger partial charge in [0, 0.05) is 12.0 Å². The summed E-state index contributed by atoms with van der Waals surface area (Å²) in [5, 5.41) is 12.2. The molecule has 140 valence electrons. The van der Waals surface area contributed by atoms with Gasteiger partial charge in [-0.3, -0.25) is 4.79 Å². The average molecular weight is 375 g/mol. The number of anilines is 1. The summed E-state index contributed by atoms with van der Waals surface area (Å²) in [6.07, 6.45) is 2.32. The predicted octanol–water partition coefficient (Wildman–Crippen LogP) is 4.17. The highest BCUT2D eigenvalue weighted by molar-refractivity contribution is 8.00. The minimum Gasteiger partial charge on any atom is -0.495 e. The number of carbonyl (C=O) groups is 1. The van der Waals surface area contributed by atoms with Gasteiger partial charge >= 0.3 is 0 Å². The van der Waals surface area contributed by atoms with Gasteiger partial charge < -0.3 is 14.6 Å². The topological polar surface area (TPSA) is 69.0 Å². The third kappa shape index (κ3) is 4.03. The van der Waals surface area contributed by atoms with Crippen molar-refractivity contribution in [3.05, 3.63) is 29.6 Å². The summed E-state index contributed by atoms with van der Waals surface area (Å²) >= 11 is 1.46. The number of hydrogen-bond acceptors (Lipinski definition) is 5. The van der Waals surface area contributed by atoms with Crippen LogP contribution in [-0.2, 0) is 4.79 Å². The van der Waals surface area contributed by atoms with Crippen LogP contribution in [0.15, 0.2) is 23.4 Å². The molecule has 1 aromatic carbocycles. The molecule has 1 aromatic heterocycles. The van der Waals surface area contributed by atoms with Crippen molar-refractivity contribution in [3.63, 3.8) is 0 Å². The van der Waals surface area contributed by atoms with E-state index in [4.69, 9.17) is 4.74 Å². The van der Waals surface area contributed by atoms with E-state index in [1.54, 1.807) is 7.11 Å². The van der Waals surface area contributed by atoms with Crippen LogP contribution < -0.4 is 10.1 Å². The lowest BCUT2D eigenvalue weighted by Crippen LogP contribution is -2.23. The van der Waals surface area contributed by atoms with Crippen molar-refractivity contribution in [1.82, 2.24) is 14.8 Å². The zero-order valence-electron chi connectivity index (χ0n) is 15.9. The van der Waals surface area contributed by atoms with E-state index in [2.05, 4.69) is 33.9 Å². The first-order chi connectivity index (χ1) is 12.4. The van der Waals surface area contributed by atoms with Gasteiger partial charge in [0.05, 0.1) is 18.0 Å². The molecule has 0 radical (unpaired) electrons. The van der Waals surface area contributed by atoms with E-state index in [9.17, 15) is 4.79 Å². The molecule has 1 fully saturated rings. The summed E-state index contributed by atoms with van der Waals surface area (Å²) in [5.74, 6) is 1.90. The number of carbonyl (C=O) groups excluding carboxylic acids is 1. The van der Waals surface area contributed by atoms with Gasteiger partial charge in [-0.05, 0) is 44.4 Å². The van der Waals surface area contributed by atoms with Crippen LogP contribution in [0.2, 0.25) is 0 Å². The van der Waals surface area contributed by atoms with Gasteiger partial charge in [-0.15, -0.1) is 10.2 Å². The largest absolute Gasteiger partial charge is 0.495 e. The summed E-state index contributed by atoms with van der Waals surface area (Å²) < 4.78 is 7.55. The Balaban J connectivity index is 1.73. The van der Waals surface area contributed by atoms with Gasteiger partial charge in [0.15, 0.2) is 5.16 Å². The molecule has 0 spiro atoms. The summed E-state index contributed by atoms with van der Waals surface area (Å²) in [6.45, 7) is 8.12. The molecule has 26 heavy (non-hydrogen) atoms. The first-order valence-electron chi connectivity index (χ1n) is 8.97. The van der Waals surface area contributed by atoms with Crippen molar-refractivity contribution in [2.75, 3.05) is 12.4 Å². The number of ether oxygens (including phenoxy) is 1. The van der Waals surface area contributed by atoms with E-state index in [1.807, 2.05) is 32.0 Å². The number of nitrogens with zero attached hydrogens (tertiary/aromatic N) is 3. The summed E-state index contributed by atoms with van der Waals surface area (Å²) in [7, 11) is 1.60. The van der Waals surface area contributed by atoms with Crippen molar-refractivity contribution < 1.29 is 9.53 Å². The summed E-state index contributed by atoms with van der Waals surface area (Å²) in [6, 6.07) is 6.22. The van der Waals surface area contributed by atoms with Gasteiger partial charge in [-0.1, -0.05) is 31.7 Å². The van der Waals surface area contributed by atoms with Crippen LogP contribution >= 0.6 is 11.8 Å². The number of hydrogen-bond donors (Lipinski definition) is 1. The summed E-state index contributed by atoms with van der Waals surface area (Å²) in [5.41, 5.74) is 1.76. The minimum atomic E-state index is -0.290. The lowest BCUT2D eigenvalue weighted by atomic mass is 10.2. The van der Waals surface area contributed by atoms with Gasteiger partial charge in [-0.25, -0.2) is 0 Å². The number of aromatic nitrogens is 3. The van der Waals surface area contributed by atoms with E-state index < -0.39 is 0 Å². The Hall–Kier alpha value is -2.02. The lowest BCUT2D eigenvalue weighted by Gasteiger charge is -2.15. The van der Waals surface area contributed by atoms with Crippen LogP contribution in [0.3, 0.4) is 0 Å². The van der Waals surface area contributed by atoms with Crippen molar-refractivity contribution in [2.24, 2.45) is 0 Å². The number of benzene rings is 1. The highest BCUT2D eigenvalue weighted by atomic mass is 32.2. The first-order valence-corrected chi connectivity index (χ1v) is 9.85. The molecule has 1 amide bonds. The quantitative estimate of drug-likeness (QED) is 0.737. The Kier molecular flexibility index (Phi) is 5.55. The molecule has 1 saturated carbocycles. The van der Waals surface area contributed by atoms with Gasteiger partial charge in [0.2, 0.25) is 5.91 Å². The van der Waals surface area contributed by atoms with Crippen LogP contribution in [0, 0.1) is 6.92 Å². The SMILES string of the molecule is COc1ccc(C)cc1NC(=O)[C@@H](C)Sc1nnc(C(C)C)n1C1CC1. The van der Waals surface area contributed by atoms with E-state index >= 15 is 0 Å². The number of methoxy groups -OCH3 is 1. The normalized spacial score (nSPS) is 15.2. The van der Waals surface area contributed by atoms with Crippen LogP contribution in [0.25, 0.3) is 0 Å². The second-order valence-corrected chi connectivity index (χ2v) is 8.36. The second kappa shape index (κ2) is 7.70. The Morgan fingerprint density at radius 3 is 2.65 bits per heavy atom. The molecule has 0 aliphatic heterocycles. The zero-order chi connectivity index (χ0) is 18.8. The summed E-state index contributed by atoms with van der Waals surface area (Å²) in [4.78, 5) is 12.7. The molecule has 1 aliphatic carbocycles. The predicted molar refractivity (Wildman–Crippen MR) is 104 cm³/mol. The standard InChI is InChI=1S/C19H26N4O2S/c1-11(2)17-21-22-19(23(17)14-7-8-14)26-13(4)18(24)20-15-10-12(3)6-9-16(15)25-5/h6,9-11,13-14H,7-8H2,1-5H3,(H,20,24)/t13-/m1/s1. The van der Waals surface area contributed by atoms with Crippen LogP contribution in [0.4, 0.5) is 5.69 Å². The Morgan fingerprint density at radius 2 is 2.04 bits per heavy atom. The van der Waals surface area contributed by atoms with Gasteiger partial charge in [-0.2, -0.15) is 0 Å². The van der Waals surface area contributed by atoms with E-state index in [1.165, 1.54) is 11.8 Å². The molecule has 3 rings (SSSR count). The van der Waals surface area contributed by atoms with Crippen molar-refractivity contribution in [1.29, 1.82) is 0 Å². The maximum absolute atomic E-state index is 12.7. The fourth-order valence-corrected chi connectivity index (χ4v) is 3.73. The number of rotatable bonds is 7. The molecule has 6 nitrogen and oxygen atoms in total. The van der Waals surface area contributed by atoms with E-state index in [0.717, 1.165) is 29.4 Å². The number of aryl methyl sites for hydroxylation is 1. The maximum Gasteiger partial charge on any atom is 0.237 e. The third-order valence-corrected chi connectivity index (χ3v) is 5.44. The van der Waals surface area contributed by atoms with E-state index in [0.29, 0.717) is 23.4 Å². The fraction of sp³-hybridized carbons (Fsp3) is 0.526. The average Bonchev–Trinajstić information content (AvgIpc) is 3.35. The maximum atomic E-state index is 12.7. The molecule has 1 atom stereocenters. The fourth-order valence-electron chi connectivity index (χ4n) is 2.80. The monoisotopic (exact) mass is 374 g/mol. The van der Waals surface area contributed by atoms with Gasteiger partial charge in [0.25, 0.3) is 0 Å². The smallest absolute Gasteiger partial charge is 0.237 e. The molecule has 0 saturated heterocycles. The van der Waals surface area contributed by atoms with E-state index in [-0.39, 0.29) is 11.2 Å². The third-order valence-electron chi connectivity index (χ3n) is 4.38. The Bertz CT molecular complexity index is 799. The minimum absolute atomic E-state index is 0.0738. The number of thioether (sulfide) groups is 1. The van der Waals surface area contributed by atoms with Crippen molar-refractivity contribution >= 4 is 23.4 Å². The molecule has 1 N–H and O–H groups in total. The molecule has 0 bridgehead atoms. The Labute approximate surface area is 158 Å². The molecule has 1 heterocycles. The van der Waals surface area contributed by atoms with Crippen molar-refractivity contribution in [2.45, 2.75) is 62.9 Å².